The van der Waals surface area contributed by atoms with Gasteiger partial charge in [0.15, 0.2) is 0 Å². The van der Waals surface area contributed by atoms with Crippen LogP contribution in [0.5, 0.6) is 11.5 Å². The lowest BCUT2D eigenvalue weighted by Crippen LogP contribution is -2.19. The molecule has 22 heavy (non-hydrogen) atoms. The van der Waals surface area contributed by atoms with Gasteiger partial charge < -0.3 is 14.6 Å². The lowest BCUT2D eigenvalue weighted by atomic mass is 10.1. The minimum absolute atomic E-state index is 0.356. The van der Waals surface area contributed by atoms with E-state index < -0.39 is 11.2 Å². The summed E-state index contributed by atoms with van der Waals surface area (Å²) >= 11 is 1.33. The molecule has 2 aromatic rings. The summed E-state index contributed by atoms with van der Waals surface area (Å²) in [5.41, 5.74) is 0.817. The summed E-state index contributed by atoms with van der Waals surface area (Å²) in [6.45, 7) is 0. The monoisotopic (exact) mass is 318 g/mol. The highest BCUT2D eigenvalue weighted by atomic mass is 32.2. The Morgan fingerprint density at radius 3 is 2.45 bits per heavy atom. The smallest absolute Gasteiger partial charge is 0.317 e. The minimum Gasteiger partial charge on any atom is -0.497 e. The maximum Gasteiger partial charge on any atom is 0.317 e. The summed E-state index contributed by atoms with van der Waals surface area (Å²) in [7, 11) is 3.16. The first-order valence-electron chi connectivity index (χ1n) is 6.79. The summed E-state index contributed by atoms with van der Waals surface area (Å²) in [5, 5.41) is 8.90. The van der Waals surface area contributed by atoms with Crippen LogP contribution in [0, 0.1) is 0 Å². The number of benzene rings is 2. The number of methoxy groups -OCH3 is 2. The average Bonchev–Trinajstić information content (AvgIpc) is 2.55. The van der Waals surface area contributed by atoms with E-state index in [1.807, 2.05) is 36.4 Å². The lowest BCUT2D eigenvalue weighted by molar-refractivity contribution is -0.136. The molecular weight excluding hydrogens is 300 g/mol. The molecule has 0 amide bonds. The van der Waals surface area contributed by atoms with Crippen LogP contribution in [0.15, 0.2) is 53.4 Å². The van der Waals surface area contributed by atoms with Gasteiger partial charge in [-0.1, -0.05) is 18.2 Å². The maximum atomic E-state index is 11.6. The van der Waals surface area contributed by atoms with Gasteiger partial charge in [-0.2, -0.15) is 0 Å². The molecule has 0 aliphatic heterocycles. The first kappa shape index (κ1) is 16.2. The summed E-state index contributed by atoms with van der Waals surface area (Å²) in [6, 6.07) is 14.9. The fourth-order valence-corrected chi connectivity index (χ4v) is 3.09. The van der Waals surface area contributed by atoms with Gasteiger partial charge in [-0.15, -0.1) is 11.8 Å². The lowest BCUT2D eigenvalue weighted by Gasteiger charge is -2.15. The van der Waals surface area contributed by atoms with Gasteiger partial charge in [0.05, 0.1) is 14.2 Å². The molecule has 0 fully saturated rings. The van der Waals surface area contributed by atoms with Crippen LogP contribution in [0.1, 0.15) is 5.56 Å². The Balaban J connectivity index is 2.22. The molecule has 0 aliphatic carbocycles. The van der Waals surface area contributed by atoms with Gasteiger partial charge in [0, 0.05) is 4.90 Å². The third kappa shape index (κ3) is 4.18. The van der Waals surface area contributed by atoms with Crippen molar-refractivity contribution < 1.29 is 19.4 Å². The maximum absolute atomic E-state index is 11.6. The molecule has 5 heteroatoms. The number of aliphatic carboxylic acids is 1. The molecule has 0 aliphatic rings. The SMILES string of the molecule is COc1ccc(OC)c(C[C@H](Sc2ccccc2)C(=O)O)c1. The Bertz CT molecular complexity index is 628. The molecule has 4 nitrogen and oxygen atoms in total. The third-order valence-corrected chi connectivity index (χ3v) is 4.39. The zero-order valence-corrected chi connectivity index (χ0v) is 13.3. The van der Waals surface area contributed by atoms with E-state index in [0.29, 0.717) is 17.9 Å². The van der Waals surface area contributed by atoms with Crippen LogP contribution in [0.2, 0.25) is 0 Å². The molecule has 0 spiro atoms. The van der Waals surface area contributed by atoms with Gasteiger partial charge in [0.1, 0.15) is 16.7 Å². The van der Waals surface area contributed by atoms with Gasteiger partial charge >= 0.3 is 5.97 Å². The zero-order chi connectivity index (χ0) is 15.9. The van der Waals surface area contributed by atoms with E-state index in [0.717, 1.165) is 10.5 Å². The molecule has 0 saturated carbocycles. The van der Waals surface area contributed by atoms with Crippen molar-refractivity contribution in [3.63, 3.8) is 0 Å². The summed E-state index contributed by atoms with van der Waals surface area (Å²) in [6.07, 6.45) is 0.356. The van der Waals surface area contributed by atoms with Crippen LogP contribution in [0.3, 0.4) is 0 Å². The Morgan fingerprint density at radius 2 is 1.86 bits per heavy atom. The molecular formula is C17H18O4S. The largest absolute Gasteiger partial charge is 0.497 e. The molecule has 0 heterocycles. The quantitative estimate of drug-likeness (QED) is 0.792. The number of rotatable bonds is 7. The van der Waals surface area contributed by atoms with Crippen LogP contribution >= 0.6 is 11.8 Å². The third-order valence-electron chi connectivity index (χ3n) is 3.19. The van der Waals surface area contributed by atoms with Crippen molar-refractivity contribution in [3.05, 3.63) is 54.1 Å². The highest BCUT2D eigenvalue weighted by Gasteiger charge is 2.21. The molecule has 1 N–H and O–H groups in total. The Kier molecular flexibility index (Phi) is 5.72. The van der Waals surface area contributed by atoms with Gasteiger partial charge in [-0.3, -0.25) is 4.79 Å². The van der Waals surface area contributed by atoms with Crippen molar-refractivity contribution in [2.45, 2.75) is 16.6 Å². The highest BCUT2D eigenvalue weighted by Crippen LogP contribution is 2.31. The van der Waals surface area contributed by atoms with Gasteiger partial charge in [0.25, 0.3) is 0 Å². The second-order valence-corrected chi connectivity index (χ2v) is 5.92. The van der Waals surface area contributed by atoms with Crippen molar-refractivity contribution in [2.75, 3.05) is 14.2 Å². The van der Waals surface area contributed by atoms with E-state index >= 15 is 0 Å². The molecule has 2 rings (SSSR count). The fraction of sp³-hybridized carbons (Fsp3) is 0.235. The van der Waals surface area contributed by atoms with E-state index in [1.54, 1.807) is 26.4 Å². The number of carbonyl (C=O) groups is 1. The van der Waals surface area contributed by atoms with Crippen LogP contribution in [0.4, 0.5) is 0 Å². The molecule has 116 valence electrons. The fourth-order valence-electron chi connectivity index (χ4n) is 2.08. The number of hydrogen-bond donors (Lipinski definition) is 1. The van der Waals surface area contributed by atoms with Crippen molar-refractivity contribution in [1.82, 2.24) is 0 Å². The number of hydrogen-bond acceptors (Lipinski definition) is 4. The van der Waals surface area contributed by atoms with Crippen molar-refractivity contribution >= 4 is 17.7 Å². The van der Waals surface area contributed by atoms with Crippen LogP contribution in [0.25, 0.3) is 0 Å². The standard InChI is InChI=1S/C17H18O4S/c1-20-13-8-9-15(21-2)12(10-13)11-16(17(18)19)22-14-6-4-3-5-7-14/h3-10,16H,11H2,1-2H3,(H,18,19)/t16-/m0/s1. The van der Waals surface area contributed by atoms with Gasteiger partial charge in [-0.25, -0.2) is 0 Å². The second kappa shape index (κ2) is 7.75. The van der Waals surface area contributed by atoms with E-state index in [-0.39, 0.29) is 0 Å². The molecule has 2 aromatic carbocycles. The molecule has 0 bridgehead atoms. The molecule has 0 aromatic heterocycles. The Hall–Kier alpha value is -2.14. The number of carboxylic acid groups (broad SMARTS) is 1. The number of carboxylic acids is 1. The van der Waals surface area contributed by atoms with Crippen LogP contribution in [-0.4, -0.2) is 30.5 Å². The number of ether oxygens (including phenoxy) is 2. The predicted octanol–water partition coefficient (Wildman–Crippen LogP) is 3.49. The van der Waals surface area contributed by atoms with E-state index in [1.165, 1.54) is 11.8 Å². The van der Waals surface area contributed by atoms with Gasteiger partial charge in [0.2, 0.25) is 0 Å². The molecule has 1 atom stereocenters. The van der Waals surface area contributed by atoms with Crippen LogP contribution in [-0.2, 0) is 11.2 Å². The van der Waals surface area contributed by atoms with Crippen molar-refractivity contribution in [1.29, 1.82) is 0 Å². The second-order valence-electron chi connectivity index (χ2n) is 4.64. The van der Waals surface area contributed by atoms with E-state index in [2.05, 4.69) is 0 Å². The first-order valence-corrected chi connectivity index (χ1v) is 7.67. The first-order chi connectivity index (χ1) is 10.6. The molecule has 0 saturated heterocycles. The normalized spacial score (nSPS) is 11.7. The van der Waals surface area contributed by atoms with Gasteiger partial charge in [-0.05, 0) is 42.3 Å². The Labute approximate surface area is 134 Å². The molecule has 0 unspecified atom stereocenters. The molecule has 0 radical (unpaired) electrons. The van der Waals surface area contributed by atoms with Crippen molar-refractivity contribution in [3.8, 4) is 11.5 Å². The summed E-state index contributed by atoms with van der Waals surface area (Å²) in [5.74, 6) is 0.504. The topological polar surface area (TPSA) is 55.8 Å². The summed E-state index contributed by atoms with van der Waals surface area (Å²) < 4.78 is 10.5. The number of thioether (sulfide) groups is 1. The van der Waals surface area contributed by atoms with Crippen molar-refractivity contribution in [2.24, 2.45) is 0 Å². The van der Waals surface area contributed by atoms with E-state index in [9.17, 15) is 9.90 Å². The highest BCUT2D eigenvalue weighted by molar-refractivity contribution is 8.00. The minimum atomic E-state index is -0.848. The zero-order valence-electron chi connectivity index (χ0n) is 12.5. The van der Waals surface area contributed by atoms with Crippen LogP contribution < -0.4 is 9.47 Å². The summed E-state index contributed by atoms with van der Waals surface area (Å²) in [4.78, 5) is 12.5. The van der Waals surface area contributed by atoms with E-state index in [4.69, 9.17) is 9.47 Å². The Morgan fingerprint density at radius 1 is 1.14 bits per heavy atom. The predicted molar refractivity (Wildman–Crippen MR) is 87.0 cm³/mol. The average molecular weight is 318 g/mol.